The topological polar surface area (TPSA) is 22.1 Å². The van der Waals surface area contributed by atoms with Crippen LogP contribution in [0.3, 0.4) is 0 Å². The number of pyridine rings is 1. The minimum atomic E-state index is 0. The highest BCUT2D eigenvalue weighted by atomic mass is 35.5. The van der Waals surface area contributed by atoms with Gasteiger partial charge in [0.25, 0.3) is 0 Å². The van der Waals surface area contributed by atoms with E-state index in [4.69, 9.17) is 9.72 Å². The molecule has 0 fully saturated rings. The van der Waals surface area contributed by atoms with Gasteiger partial charge in [0.15, 0.2) is 0 Å². The van der Waals surface area contributed by atoms with Crippen molar-refractivity contribution >= 4 is 23.3 Å². The second kappa shape index (κ2) is 7.37. The third-order valence-electron chi connectivity index (χ3n) is 4.17. The third kappa shape index (κ3) is 3.35. The van der Waals surface area contributed by atoms with Crippen molar-refractivity contribution < 1.29 is 4.74 Å². The van der Waals surface area contributed by atoms with Gasteiger partial charge in [-0.25, -0.2) is 4.98 Å². The maximum atomic E-state index is 5.35. The minimum Gasteiger partial charge on any atom is -0.497 e. The van der Waals surface area contributed by atoms with E-state index in [1.807, 2.05) is 30.3 Å². The highest BCUT2D eigenvalue weighted by molar-refractivity contribution is 5.96. The molecule has 0 spiro atoms. The maximum Gasteiger partial charge on any atom is 0.119 e. The van der Waals surface area contributed by atoms with Gasteiger partial charge in [0, 0.05) is 10.9 Å². The smallest absolute Gasteiger partial charge is 0.119 e. The van der Waals surface area contributed by atoms with Crippen LogP contribution in [0, 0.1) is 0 Å². The van der Waals surface area contributed by atoms with Crippen LogP contribution in [-0.2, 0) is 0 Å². The first-order chi connectivity index (χ1) is 11.8. The van der Waals surface area contributed by atoms with Crippen LogP contribution in [0.5, 0.6) is 5.75 Å². The molecule has 0 saturated carbocycles. The molecule has 0 unspecified atom stereocenters. The number of methoxy groups -OCH3 is 1. The SMILES string of the molecule is COc1cccc(-c2cc(-c3ccccc3)c3ccccc3n2)c1.Cl. The Morgan fingerprint density at radius 2 is 1.44 bits per heavy atom. The molecule has 1 aromatic heterocycles. The zero-order chi connectivity index (χ0) is 16.4. The van der Waals surface area contributed by atoms with Crippen molar-refractivity contribution in [2.75, 3.05) is 7.11 Å². The van der Waals surface area contributed by atoms with Gasteiger partial charge in [-0.05, 0) is 35.4 Å². The zero-order valence-electron chi connectivity index (χ0n) is 13.8. The number of para-hydroxylation sites is 1. The number of halogens is 1. The van der Waals surface area contributed by atoms with E-state index < -0.39 is 0 Å². The summed E-state index contributed by atoms with van der Waals surface area (Å²) < 4.78 is 5.35. The molecule has 1 heterocycles. The van der Waals surface area contributed by atoms with Crippen molar-refractivity contribution in [1.29, 1.82) is 0 Å². The fourth-order valence-electron chi connectivity index (χ4n) is 2.96. The van der Waals surface area contributed by atoms with Crippen LogP contribution in [0.2, 0.25) is 0 Å². The van der Waals surface area contributed by atoms with Gasteiger partial charge in [-0.1, -0.05) is 60.7 Å². The van der Waals surface area contributed by atoms with Crippen molar-refractivity contribution in [3.63, 3.8) is 0 Å². The van der Waals surface area contributed by atoms with E-state index in [1.165, 1.54) is 11.1 Å². The van der Waals surface area contributed by atoms with Crippen molar-refractivity contribution in [2.45, 2.75) is 0 Å². The number of fused-ring (bicyclic) bond motifs is 1. The van der Waals surface area contributed by atoms with Crippen LogP contribution in [0.15, 0.2) is 84.9 Å². The van der Waals surface area contributed by atoms with Crippen molar-refractivity contribution in [2.24, 2.45) is 0 Å². The molecule has 0 amide bonds. The normalized spacial score (nSPS) is 10.3. The largest absolute Gasteiger partial charge is 0.497 e. The molecule has 3 heteroatoms. The first kappa shape index (κ1) is 17.0. The van der Waals surface area contributed by atoms with E-state index in [1.54, 1.807) is 7.11 Å². The molecule has 0 atom stereocenters. The monoisotopic (exact) mass is 347 g/mol. The summed E-state index contributed by atoms with van der Waals surface area (Å²) in [6.07, 6.45) is 0. The summed E-state index contributed by atoms with van der Waals surface area (Å²) in [6.45, 7) is 0. The molecule has 2 nitrogen and oxygen atoms in total. The van der Waals surface area contributed by atoms with Gasteiger partial charge in [-0.3, -0.25) is 0 Å². The van der Waals surface area contributed by atoms with Crippen molar-refractivity contribution in [1.82, 2.24) is 4.98 Å². The van der Waals surface area contributed by atoms with E-state index in [-0.39, 0.29) is 12.4 Å². The number of rotatable bonds is 3. The molecule has 0 saturated heterocycles. The second-order valence-electron chi connectivity index (χ2n) is 5.67. The van der Waals surface area contributed by atoms with Gasteiger partial charge in [0.1, 0.15) is 5.75 Å². The third-order valence-corrected chi connectivity index (χ3v) is 4.17. The molecular formula is C22H18ClNO. The van der Waals surface area contributed by atoms with Gasteiger partial charge in [0.2, 0.25) is 0 Å². The van der Waals surface area contributed by atoms with Crippen LogP contribution in [0.4, 0.5) is 0 Å². The predicted octanol–water partition coefficient (Wildman–Crippen LogP) is 6.00. The lowest BCUT2D eigenvalue weighted by atomic mass is 9.98. The Kier molecular flexibility index (Phi) is 5.01. The maximum absolute atomic E-state index is 5.35. The zero-order valence-corrected chi connectivity index (χ0v) is 14.7. The van der Waals surface area contributed by atoms with Crippen LogP contribution < -0.4 is 4.74 Å². The molecule has 0 radical (unpaired) electrons. The van der Waals surface area contributed by atoms with E-state index >= 15 is 0 Å². The van der Waals surface area contributed by atoms with Crippen molar-refractivity contribution in [3.05, 3.63) is 84.9 Å². The summed E-state index contributed by atoms with van der Waals surface area (Å²) >= 11 is 0. The molecular weight excluding hydrogens is 330 g/mol. The Hall–Kier alpha value is -2.84. The van der Waals surface area contributed by atoms with E-state index in [0.717, 1.165) is 27.9 Å². The Morgan fingerprint density at radius 3 is 2.24 bits per heavy atom. The van der Waals surface area contributed by atoms with Gasteiger partial charge >= 0.3 is 0 Å². The first-order valence-electron chi connectivity index (χ1n) is 7.95. The second-order valence-corrected chi connectivity index (χ2v) is 5.67. The molecule has 0 aliphatic carbocycles. The molecule has 4 rings (SSSR count). The first-order valence-corrected chi connectivity index (χ1v) is 7.95. The minimum absolute atomic E-state index is 0. The number of ether oxygens (including phenoxy) is 1. The lowest BCUT2D eigenvalue weighted by Crippen LogP contribution is -1.90. The molecule has 0 aliphatic heterocycles. The van der Waals surface area contributed by atoms with E-state index in [2.05, 4.69) is 54.6 Å². The summed E-state index contributed by atoms with van der Waals surface area (Å²) in [7, 11) is 1.68. The Labute approximate surface area is 153 Å². The fourth-order valence-corrected chi connectivity index (χ4v) is 2.96. The number of hydrogen-bond donors (Lipinski definition) is 0. The molecule has 25 heavy (non-hydrogen) atoms. The average molecular weight is 348 g/mol. The number of aromatic nitrogens is 1. The molecule has 0 aliphatic rings. The quantitative estimate of drug-likeness (QED) is 0.453. The van der Waals surface area contributed by atoms with E-state index in [0.29, 0.717) is 0 Å². The lowest BCUT2D eigenvalue weighted by molar-refractivity contribution is 0.415. The standard InChI is InChI=1S/C22H17NO.ClH/c1-24-18-11-7-10-17(14-18)22-15-20(16-8-3-2-4-9-16)19-12-5-6-13-21(19)23-22;/h2-15H,1H3;1H. The Balaban J connectivity index is 0.00000182. The van der Waals surface area contributed by atoms with Gasteiger partial charge in [0.05, 0.1) is 18.3 Å². The molecule has 124 valence electrons. The number of nitrogens with zero attached hydrogens (tertiary/aromatic N) is 1. The molecule has 0 N–H and O–H groups in total. The molecule has 3 aromatic carbocycles. The van der Waals surface area contributed by atoms with E-state index in [9.17, 15) is 0 Å². The summed E-state index contributed by atoms with van der Waals surface area (Å²) in [5.74, 6) is 0.837. The predicted molar refractivity (Wildman–Crippen MR) is 106 cm³/mol. The summed E-state index contributed by atoms with van der Waals surface area (Å²) in [5, 5.41) is 1.16. The highest BCUT2D eigenvalue weighted by Crippen LogP contribution is 2.32. The fraction of sp³-hybridized carbons (Fsp3) is 0.0455. The van der Waals surface area contributed by atoms with Crippen molar-refractivity contribution in [3.8, 4) is 28.1 Å². The van der Waals surface area contributed by atoms with Gasteiger partial charge in [-0.15, -0.1) is 12.4 Å². The summed E-state index contributed by atoms with van der Waals surface area (Å²) in [6, 6.07) is 28.9. The Bertz CT molecular complexity index is 999. The molecule has 4 aromatic rings. The Morgan fingerprint density at radius 1 is 0.720 bits per heavy atom. The summed E-state index contributed by atoms with van der Waals surface area (Å²) in [5.41, 5.74) is 5.39. The average Bonchev–Trinajstić information content (AvgIpc) is 2.68. The van der Waals surface area contributed by atoms with Crippen LogP contribution in [0.25, 0.3) is 33.3 Å². The number of benzene rings is 3. The van der Waals surface area contributed by atoms with Gasteiger partial charge < -0.3 is 4.74 Å². The highest BCUT2D eigenvalue weighted by Gasteiger charge is 2.09. The molecule has 0 bridgehead atoms. The van der Waals surface area contributed by atoms with Gasteiger partial charge in [-0.2, -0.15) is 0 Å². The number of hydrogen-bond acceptors (Lipinski definition) is 2. The van der Waals surface area contributed by atoms with Crippen LogP contribution in [0.1, 0.15) is 0 Å². The van der Waals surface area contributed by atoms with Crippen LogP contribution in [-0.4, -0.2) is 12.1 Å². The van der Waals surface area contributed by atoms with Crippen LogP contribution >= 0.6 is 12.4 Å². The lowest BCUT2D eigenvalue weighted by Gasteiger charge is -2.11. The summed E-state index contributed by atoms with van der Waals surface area (Å²) in [4.78, 5) is 4.85.